The van der Waals surface area contributed by atoms with Gasteiger partial charge in [0.15, 0.2) is 0 Å². The van der Waals surface area contributed by atoms with Gasteiger partial charge in [0, 0.05) is 10.9 Å². The van der Waals surface area contributed by atoms with Gasteiger partial charge in [0.25, 0.3) is 0 Å². The highest BCUT2D eigenvalue weighted by Crippen LogP contribution is 2.27. The topological polar surface area (TPSA) is 26.3 Å². The Morgan fingerprint density at radius 3 is 2.31 bits per heavy atom. The van der Waals surface area contributed by atoms with Crippen molar-refractivity contribution in [2.24, 2.45) is 5.92 Å². The normalized spacial score (nSPS) is 25.1. The SMILES string of the molecule is O=CC1CCC(Oc2ccc(Cl)cc2)CC1. The molecule has 0 amide bonds. The summed E-state index contributed by atoms with van der Waals surface area (Å²) in [6, 6.07) is 7.42. The number of hydrogen-bond acceptors (Lipinski definition) is 2. The molecule has 0 saturated heterocycles. The van der Waals surface area contributed by atoms with Crippen LogP contribution in [0.5, 0.6) is 5.75 Å². The number of carbonyl (C=O) groups excluding carboxylic acids is 1. The molecule has 1 aliphatic rings. The minimum Gasteiger partial charge on any atom is -0.490 e. The highest BCUT2D eigenvalue weighted by molar-refractivity contribution is 6.30. The van der Waals surface area contributed by atoms with Crippen LogP contribution in [0.25, 0.3) is 0 Å². The second-order valence-electron chi connectivity index (χ2n) is 4.24. The summed E-state index contributed by atoms with van der Waals surface area (Å²) in [5, 5.41) is 0.719. The molecule has 3 heteroatoms. The Morgan fingerprint density at radius 2 is 1.75 bits per heavy atom. The molecule has 86 valence electrons. The Bertz CT molecular complexity index is 339. The van der Waals surface area contributed by atoms with Gasteiger partial charge in [-0.05, 0) is 49.9 Å². The lowest BCUT2D eigenvalue weighted by Gasteiger charge is -2.26. The Kier molecular flexibility index (Phi) is 3.83. The molecule has 2 nitrogen and oxygen atoms in total. The molecule has 2 rings (SSSR count). The average Bonchev–Trinajstić information content (AvgIpc) is 2.33. The van der Waals surface area contributed by atoms with Crippen molar-refractivity contribution in [2.75, 3.05) is 0 Å². The van der Waals surface area contributed by atoms with Crippen LogP contribution in [0.2, 0.25) is 5.02 Å². The fourth-order valence-electron chi connectivity index (χ4n) is 2.05. The summed E-state index contributed by atoms with van der Waals surface area (Å²) in [5.74, 6) is 1.10. The Labute approximate surface area is 101 Å². The van der Waals surface area contributed by atoms with Gasteiger partial charge in [-0.2, -0.15) is 0 Å². The highest BCUT2D eigenvalue weighted by atomic mass is 35.5. The molecule has 1 saturated carbocycles. The van der Waals surface area contributed by atoms with E-state index in [1.165, 1.54) is 0 Å². The van der Waals surface area contributed by atoms with Gasteiger partial charge in [-0.3, -0.25) is 0 Å². The van der Waals surface area contributed by atoms with E-state index in [1.807, 2.05) is 24.3 Å². The van der Waals surface area contributed by atoms with Crippen LogP contribution in [0.15, 0.2) is 24.3 Å². The van der Waals surface area contributed by atoms with Crippen molar-refractivity contribution in [3.8, 4) is 5.75 Å². The van der Waals surface area contributed by atoms with Crippen molar-refractivity contribution in [2.45, 2.75) is 31.8 Å². The van der Waals surface area contributed by atoms with Gasteiger partial charge < -0.3 is 9.53 Å². The van der Waals surface area contributed by atoms with Gasteiger partial charge in [-0.1, -0.05) is 11.6 Å². The fraction of sp³-hybridized carbons (Fsp3) is 0.462. The molecule has 1 aliphatic carbocycles. The van der Waals surface area contributed by atoms with E-state index in [-0.39, 0.29) is 12.0 Å². The molecular weight excluding hydrogens is 224 g/mol. The number of halogens is 1. The van der Waals surface area contributed by atoms with Crippen LogP contribution in [0.1, 0.15) is 25.7 Å². The monoisotopic (exact) mass is 238 g/mol. The molecule has 0 aromatic heterocycles. The first-order chi connectivity index (χ1) is 7.78. The molecule has 0 spiro atoms. The predicted molar refractivity (Wildman–Crippen MR) is 63.9 cm³/mol. The average molecular weight is 239 g/mol. The van der Waals surface area contributed by atoms with Crippen LogP contribution in [-0.2, 0) is 4.79 Å². The lowest BCUT2D eigenvalue weighted by atomic mass is 9.88. The summed E-state index contributed by atoms with van der Waals surface area (Å²) in [6.07, 6.45) is 5.14. The molecule has 0 heterocycles. The number of hydrogen-bond donors (Lipinski definition) is 0. The molecular formula is C13H15ClO2. The third kappa shape index (κ3) is 2.99. The summed E-state index contributed by atoms with van der Waals surface area (Å²) < 4.78 is 5.83. The van der Waals surface area contributed by atoms with Gasteiger partial charge in [-0.15, -0.1) is 0 Å². The third-order valence-corrected chi connectivity index (χ3v) is 3.28. The number of rotatable bonds is 3. The molecule has 0 atom stereocenters. The minimum atomic E-state index is 0.241. The second kappa shape index (κ2) is 5.35. The Hall–Kier alpha value is -1.02. The van der Waals surface area contributed by atoms with Gasteiger partial charge in [0.2, 0.25) is 0 Å². The van der Waals surface area contributed by atoms with E-state index in [4.69, 9.17) is 16.3 Å². The van der Waals surface area contributed by atoms with E-state index >= 15 is 0 Å². The van der Waals surface area contributed by atoms with Crippen LogP contribution in [0.4, 0.5) is 0 Å². The van der Waals surface area contributed by atoms with Crippen LogP contribution in [0, 0.1) is 5.92 Å². The number of aldehydes is 1. The van der Waals surface area contributed by atoms with E-state index in [1.54, 1.807) is 0 Å². The summed E-state index contributed by atoms with van der Waals surface area (Å²) >= 11 is 5.80. The first-order valence-corrected chi connectivity index (χ1v) is 6.03. The maximum absolute atomic E-state index is 10.6. The van der Waals surface area contributed by atoms with Crippen molar-refractivity contribution in [1.29, 1.82) is 0 Å². The Morgan fingerprint density at radius 1 is 1.12 bits per heavy atom. The quantitative estimate of drug-likeness (QED) is 0.754. The molecule has 0 aliphatic heterocycles. The summed E-state index contributed by atoms with van der Waals surface area (Å²) in [6.45, 7) is 0. The standard InChI is InChI=1S/C13H15ClO2/c14-11-3-7-13(8-4-11)16-12-5-1-10(9-15)2-6-12/h3-4,7-10,12H,1-2,5-6H2. The van der Waals surface area contributed by atoms with Crippen LogP contribution in [-0.4, -0.2) is 12.4 Å². The molecule has 16 heavy (non-hydrogen) atoms. The maximum atomic E-state index is 10.6. The van der Waals surface area contributed by atoms with E-state index in [0.717, 1.165) is 42.7 Å². The lowest BCUT2D eigenvalue weighted by molar-refractivity contribution is -0.112. The van der Waals surface area contributed by atoms with Crippen molar-refractivity contribution in [3.63, 3.8) is 0 Å². The van der Waals surface area contributed by atoms with E-state index in [9.17, 15) is 4.79 Å². The highest BCUT2D eigenvalue weighted by Gasteiger charge is 2.21. The van der Waals surface area contributed by atoms with E-state index in [0.29, 0.717) is 0 Å². The van der Waals surface area contributed by atoms with E-state index in [2.05, 4.69) is 0 Å². The first-order valence-electron chi connectivity index (χ1n) is 5.65. The summed E-state index contributed by atoms with van der Waals surface area (Å²) in [4.78, 5) is 10.6. The van der Waals surface area contributed by atoms with Crippen LogP contribution in [0.3, 0.4) is 0 Å². The summed E-state index contributed by atoms with van der Waals surface area (Å²) in [7, 11) is 0. The molecule has 1 fully saturated rings. The van der Waals surface area contributed by atoms with Crippen molar-refractivity contribution in [3.05, 3.63) is 29.3 Å². The third-order valence-electron chi connectivity index (χ3n) is 3.03. The zero-order valence-corrected chi connectivity index (χ0v) is 9.82. The maximum Gasteiger partial charge on any atom is 0.123 e. The van der Waals surface area contributed by atoms with Crippen molar-refractivity contribution >= 4 is 17.9 Å². The van der Waals surface area contributed by atoms with Gasteiger partial charge in [-0.25, -0.2) is 0 Å². The smallest absolute Gasteiger partial charge is 0.123 e. The molecule has 0 unspecified atom stereocenters. The van der Waals surface area contributed by atoms with Gasteiger partial charge in [0.05, 0.1) is 6.10 Å². The lowest BCUT2D eigenvalue weighted by Crippen LogP contribution is -2.24. The fourth-order valence-corrected chi connectivity index (χ4v) is 2.17. The molecule has 1 aromatic rings. The number of benzene rings is 1. The zero-order chi connectivity index (χ0) is 11.4. The van der Waals surface area contributed by atoms with Gasteiger partial charge >= 0.3 is 0 Å². The van der Waals surface area contributed by atoms with Gasteiger partial charge in [0.1, 0.15) is 12.0 Å². The molecule has 0 radical (unpaired) electrons. The second-order valence-corrected chi connectivity index (χ2v) is 4.68. The zero-order valence-electron chi connectivity index (χ0n) is 9.06. The van der Waals surface area contributed by atoms with Crippen molar-refractivity contribution < 1.29 is 9.53 Å². The van der Waals surface area contributed by atoms with E-state index < -0.39 is 0 Å². The molecule has 0 bridgehead atoms. The molecule has 0 N–H and O–H groups in total. The van der Waals surface area contributed by atoms with Crippen molar-refractivity contribution in [1.82, 2.24) is 0 Å². The van der Waals surface area contributed by atoms with Crippen LogP contribution < -0.4 is 4.74 Å². The largest absolute Gasteiger partial charge is 0.490 e. The minimum absolute atomic E-state index is 0.241. The first kappa shape index (κ1) is 11.5. The Balaban J connectivity index is 1.86. The number of ether oxygens (including phenoxy) is 1. The molecule has 1 aromatic carbocycles. The van der Waals surface area contributed by atoms with Crippen LogP contribution >= 0.6 is 11.6 Å². The number of carbonyl (C=O) groups is 1. The predicted octanol–water partition coefficient (Wildman–Crippen LogP) is 3.48. The summed E-state index contributed by atoms with van der Waals surface area (Å²) in [5.41, 5.74) is 0.